The molecule has 0 aliphatic heterocycles. The first-order valence-corrected chi connectivity index (χ1v) is 10.2. The molecule has 0 aliphatic rings. The number of benzene rings is 3. The van der Waals surface area contributed by atoms with Crippen LogP contribution >= 0.6 is 0 Å². The van der Waals surface area contributed by atoms with Crippen molar-refractivity contribution < 1.29 is 9.59 Å². The highest BCUT2D eigenvalue weighted by Gasteiger charge is 2.21. The fourth-order valence-electron chi connectivity index (χ4n) is 3.23. The maximum Gasteiger partial charge on any atom is 0.258 e. The first-order chi connectivity index (χ1) is 15.0. The summed E-state index contributed by atoms with van der Waals surface area (Å²) >= 11 is 0. The van der Waals surface area contributed by atoms with Crippen LogP contribution in [0.15, 0.2) is 84.9 Å². The molecular formula is C25H26N4O2. The van der Waals surface area contributed by atoms with E-state index < -0.39 is 0 Å². The van der Waals surface area contributed by atoms with E-state index in [9.17, 15) is 9.59 Å². The van der Waals surface area contributed by atoms with Gasteiger partial charge in [0, 0.05) is 23.4 Å². The van der Waals surface area contributed by atoms with Crippen molar-refractivity contribution >= 4 is 23.3 Å². The predicted molar refractivity (Wildman–Crippen MR) is 123 cm³/mol. The number of aryl methyl sites for hydroxylation is 1. The van der Waals surface area contributed by atoms with Crippen LogP contribution in [0.25, 0.3) is 0 Å². The van der Waals surface area contributed by atoms with Crippen LogP contribution in [0.1, 0.15) is 27.9 Å². The number of nitrogens with two attached hydrogens (primary N) is 1. The van der Waals surface area contributed by atoms with Gasteiger partial charge in [0.1, 0.15) is 12.4 Å². The maximum absolute atomic E-state index is 13.2. The molecule has 3 aromatic rings. The van der Waals surface area contributed by atoms with Gasteiger partial charge >= 0.3 is 0 Å². The molecule has 0 heterocycles. The van der Waals surface area contributed by atoms with E-state index in [1.807, 2.05) is 36.4 Å². The number of anilines is 1. The lowest BCUT2D eigenvalue weighted by Gasteiger charge is -2.23. The normalized spacial score (nSPS) is 10.3. The van der Waals surface area contributed by atoms with Crippen molar-refractivity contribution in [2.24, 2.45) is 5.73 Å². The van der Waals surface area contributed by atoms with Crippen LogP contribution in [0.5, 0.6) is 0 Å². The van der Waals surface area contributed by atoms with Crippen LogP contribution < -0.4 is 16.0 Å². The van der Waals surface area contributed by atoms with E-state index in [4.69, 9.17) is 11.1 Å². The highest BCUT2D eigenvalue weighted by molar-refractivity contribution is 6.10. The number of amidine groups is 1. The zero-order valence-corrected chi connectivity index (χ0v) is 17.3. The lowest BCUT2D eigenvalue weighted by molar-refractivity contribution is -0.119. The van der Waals surface area contributed by atoms with E-state index in [-0.39, 0.29) is 24.2 Å². The van der Waals surface area contributed by atoms with E-state index >= 15 is 0 Å². The van der Waals surface area contributed by atoms with Crippen LogP contribution in [0.4, 0.5) is 5.69 Å². The van der Waals surface area contributed by atoms with Crippen molar-refractivity contribution in [3.63, 3.8) is 0 Å². The van der Waals surface area contributed by atoms with Crippen molar-refractivity contribution in [2.75, 3.05) is 18.0 Å². The second-order valence-electron chi connectivity index (χ2n) is 7.16. The number of hydrogen-bond acceptors (Lipinski definition) is 3. The minimum atomic E-state index is -0.325. The second kappa shape index (κ2) is 10.7. The molecule has 0 atom stereocenters. The van der Waals surface area contributed by atoms with E-state index in [0.29, 0.717) is 23.4 Å². The lowest BCUT2D eigenvalue weighted by Crippen LogP contribution is -2.41. The number of nitrogens with zero attached hydrogens (tertiary/aromatic N) is 1. The highest BCUT2D eigenvalue weighted by atomic mass is 16.2. The molecule has 3 rings (SSSR count). The molecule has 0 unspecified atom stereocenters. The van der Waals surface area contributed by atoms with Gasteiger partial charge in [0.05, 0.1) is 0 Å². The molecule has 0 spiro atoms. The summed E-state index contributed by atoms with van der Waals surface area (Å²) in [5, 5.41) is 10.5. The first-order valence-electron chi connectivity index (χ1n) is 10.2. The minimum absolute atomic E-state index is 0.0987. The van der Waals surface area contributed by atoms with Crippen LogP contribution in [0.2, 0.25) is 0 Å². The molecule has 0 aromatic heterocycles. The van der Waals surface area contributed by atoms with Crippen molar-refractivity contribution in [2.45, 2.75) is 12.8 Å². The molecular weight excluding hydrogens is 388 g/mol. The molecule has 0 saturated carbocycles. The molecule has 0 saturated heterocycles. The average Bonchev–Trinajstić information content (AvgIpc) is 2.81. The van der Waals surface area contributed by atoms with Crippen LogP contribution in [-0.2, 0) is 11.2 Å². The Labute approximate surface area is 182 Å². The average molecular weight is 415 g/mol. The fraction of sp³-hybridized carbons (Fsp3) is 0.160. The Hall–Kier alpha value is -3.93. The van der Waals surface area contributed by atoms with E-state index in [2.05, 4.69) is 17.4 Å². The summed E-state index contributed by atoms with van der Waals surface area (Å²) in [4.78, 5) is 27.2. The maximum atomic E-state index is 13.2. The smallest absolute Gasteiger partial charge is 0.258 e. The van der Waals surface area contributed by atoms with Gasteiger partial charge in [0.15, 0.2) is 0 Å². The molecule has 0 aliphatic carbocycles. The van der Waals surface area contributed by atoms with Gasteiger partial charge in [-0.2, -0.15) is 0 Å². The van der Waals surface area contributed by atoms with Gasteiger partial charge in [0.25, 0.3) is 5.91 Å². The van der Waals surface area contributed by atoms with Gasteiger partial charge in [-0.1, -0.05) is 60.7 Å². The molecule has 0 bridgehead atoms. The van der Waals surface area contributed by atoms with Gasteiger partial charge in [0.2, 0.25) is 5.91 Å². The largest absolute Gasteiger partial charge is 0.384 e. The third-order valence-electron chi connectivity index (χ3n) is 4.84. The third-order valence-corrected chi connectivity index (χ3v) is 4.84. The molecule has 4 N–H and O–H groups in total. The molecule has 0 radical (unpaired) electrons. The molecule has 6 nitrogen and oxygen atoms in total. The molecule has 158 valence electrons. The van der Waals surface area contributed by atoms with Crippen molar-refractivity contribution in [3.8, 4) is 0 Å². The Bertz CT molecular complexity index is 1040. The summed E-state index contributed by atoms with van der Waals surface area (Å²) < 4.78 is 0. The van der Waals surface area contributed by atoms with Gasteiger partial charge in [-0.05, 0) is 42.7 Å². The number of rotatable bonds is 9. The number of amides is 2. The van der Waals surface area contributed by atoms with E-state index in [0.717, 1.165) is 12.8 Å². The monoisotopic (exact) mass is 414 g/mol. The summed E-state index contributed by atoms with van der Waals surface area (Å²) in [5.74, 6) is -0.668. The number of carbonyl (C=O) groups is 2. The van der Waals surface area contributed by atoms with Crippen molar-refractivity contribution in [3.05, 3.63) is 102 Å². The zero-order valence-electron chi connectivity index (χ0n) is 17.3. The Morgan fingerprint density at radius 3 is 2.19 bits per heavy atom. The zero-order chi connectivity index (χ0) is 22.1. The van der Waals surface area contributed by atoms with Crippen molar-refractivity contribution in [1.29, 1.82) is 5.41 Å². The summed E-state index contributed by atoms with van der Waals surface area (Å²) in [6, 6.07) is 25.7. The van der Waals surface area contributed by atoms with E-state index in [1.165, 1.54) is 10.5 Å². The Kier molecular flexibility index (Phi) is 7.54. The second-order valence-corrected chi connectivity index (χ2v) is 7.16. The highest BCUT2D eigenvalue weighted by Crippen LogP contribution is 2.17. The van der Waals surface area contributed by atoms with Crippen LogP contribution in [-0.4, -0.2) is 30.7 Å². The summed E-state index contributed by atoms with van der Waals surface area (Å²) in [5.41, 5.74) is 8.24. The van der Waals surface area contributed by atoms with Gasteiger partial charge in [-0.25, -0.2) is 0 Å². The topological polar surface area (TPSA) is 99.3 Å². The SMILES string of the molecule is N=C(N)c1cccc(C(=O)N(CC(=O)NCCCc2ccccc2)c2ccccc2)c1. The van der Waals surface area contributed by atoms with Crippen LogP contribution in [0, 0.1) is 5.41 Å². The number of nitrogen functional groups attached to an aromatic ring is 1. The van der Waals surface area contributed by atoms with Gasteiger partial charge in [-0.15, -0.1) is 0 Å². The number of carbonyl (C=O) groups excluding carboxylic acids is 2. The fourth-order valence-corrected chi connectivity index (χ4v) is 3.23. The number of nitrogens with one attached hydrogen (secondary N) is 2. The first kappa shape index (κ1) is 21.8. The number of para-hydroxylation sites is 1. The molecule has 3 aromatic carbocycles. The van der Waals surface area contributed by atoms with Gasteiger partial charge < -0.3 is 11.1 Å². The quantitative estimate of drug-likeness (QED) is 0.284. The van der Waals surface area contributed by atoms with Crippen molar-refractivity contribution in [1.82, 2.24) is 5.32 Å². The minimum Gasteiger partial charge on any atom is -0.384 e. The molecule has 2 amide bonds. The predicted octanol–water partition coefficient (Wildman–Crippen LogP) is 3.37. The van der Waals surface area contributed by atoms with E-state index in [1.54, 1.807) is 36.4 Å². The number of hydrogen-bond donors (Lipinski definition) is 3. The Morgan fingerprint density at radius 1 is 0.871 bits per heavy atom. The lowest BCUT2D eigenvalue weighted by atomic mass is 10.1. The van der Waals surface area contributed by atoms with Crippen LogP contribution in [0.3, 0.4) is 0 Å². The Balaban J connectivity index is 1.66. The van der Waals surface area contributed by atoms with Gasteiger partial charge in [-0.3, -0.25) is 19.9 Å². The summed E-state index contributed by atoms with van der Waals surface area (Å²) in [6.07, 6.45) is 1.69. The molecule has 0 fully saturated rings. The molecule has 31 heavy (non-hydrogen) atoms. The summed E-state index contributed by atoms with van der Waals surface area (Å²) in [7, 11) is 0. The summed E-state index contributed by atoms with van der Waals surface area (Å²) in [6.45, 7) is 0.433. The third kappa shape index (κ3) is 6.27. The standard InChI is InChI=1S/C25H26N4O2/c26-24(27)20-12-7-13-21(17-20)25(31)29(22-14-5-2-6-15-22)18-23(30)28-16-8-11-19-9-3-1-4-10-19/h1-7,9-10,12-15,17H,8,11,16,18H2,(H3,26,27)(H,28,30). The Morgan fingerprint density at radius 2 is 1.52 bits per heavy atom. The molecule has 6 heteroatoms.